The van der Waals surface area contributed by atoms with Gasteiger partial charge in [-0.1, -0.05) is 27.7 Å². The van der Waals surface area contributed by atoms with Crippen molar-refractivity contribution in [1.82, 2.24) is 5.32 Å². The van der Waals surface area contributed by atoms with Gasteiger partial charge in [-0.3, -0.25) is 9.59 Å². The fraction of sp³-hybridized carbons (Fsp3) is 0.875. The number of ether oxygens (including phenoxy) is 3. The van der Waals surface area contributed by atoms with Crippen LogP contribution in [0.1, 0.15) is 73.1 Å². The molecule has 1 aliphatic carbocycles. The minimum Gasteiger partial charge on any atom is -0.480 e. The van der Waals surface area contributed by atoms with E-state index in [4.69, 9.17) is 24.0 Å². The maximum Gasteiger partial charge on any atom is 0.326 e. The summed E-state index contributed by atoms with van der Waals surface area (Å²) in [7, 11) is 0. The molecule has 0 aromatic heterocycles. The van der Waals surface area contributed by atoms with E-state index in [0.717, 1.165) is 19.3 Å². The maximum absolute atomic E-state index is 12.6. The van der Waals surface area contributed by atoms with Gasteiger partial charge >= 0.3 is 11.9 Å². The van der Waals surface area contributed by atoms with Crippen LogP contribution in [0.2, 0.25) is 0 Å². The second kappa shape index (κ2) is 9.37. The molecule has 4 heterocycles. The van der Waals surface area contributed by atoms with Crippen molar-refractivity contribution < 1.29 is 43.5 Å². The van der Waals surface area contributed by atoms with Crippen LogP contribution in [0.25, 0.3) is 0 Å². The van der Waals surface area contributed by atoms with Gasteiger partial charge in [0.25, 0.3) is 0 Å². The van der Waals surface area contributed by atoms with Gasteiger partial charge in [-0.15, -0.1) is 0 Å². The van der Waals surface area contributed by atoms with Gasteiger partial charge in [0.15, 0.2) is 11.9 Å². The SMILES string of the molecule is CC(C)C(NC(=O)CCC(=O)O[C@@H]1O[C@@H]2OC3(C)CC[C@H]4[C@H](C)CC[C@@H]([C@H]1C)C24OO3)C(=O)O. The van der Waals surface area contributed by atoms with Crippen molar-refractivity contribution in [3.05, 3.63) is 0 Å². The summed E-state index contributed by atoms with van der Waals surface area (Å²) in [5.41, 5.74) is -0.738. The Kier molecular flexibility index (Phi) is 6.98. The number of rotatable bonds is 7. The van der Waals surface area contributed by atoms with E-state index in [-0.39, 0.29) is 36.5 Å². The van der Waals surface area contributed by atoms with Gasteiger partial charge in [-0.25, -0.2) is 14.6 Å². The maximum atomic E-state index is 12.6. The van der Waals surface area contributed by atoms with Crippen LogP contribution in [0, 0.1) is 29.6 Å². The lowest BCUT2D eigenvalue weighted by molar-refractivity contribution is -0.576. The Bertz CT molecular complexity index is 818. The molecule has 2 bridgehead atoms. The minimum atomic E-state index is -1.11. The van der Waals surface area contributed by atoms with E-state index in [1.165, 1.54) is 0 Å². The number of fused-ring (bicyclic) bond motifs is 2. The van der Waals surface area contributed by atoms with Crippen LogP contribution < -0.4 is 5.32 Å². The molecule has 1 amide bonds. The van der Waals surface area contributed by atoms with Crippen molar-refractivity contribution in [2.75, 3.05) is 0 Å². The molecule has 0 radical (unpaired) electrons. The van der Waals surface area contributed by atoms with Crippen LogP contribution in [0.3, 0.4) is 0 Å². The average molecular weight is 484 g/mol. The number of esters is 1. The fourth-order valence-corrected chi connectivity index (χ4v) is 6.17. The first-order valence-electron chi connectivity index (χ1n) is 12.4. The topological polar surface area (TPSA) is 130 Å². The molecule has 5 fully saturated rings. The molecule has 0 aromatic carbocycles. The Labute approximate surface area is 199 Å². The molecule has 4 saturated heterocycles. The highest BCUT2D eigenvalue weighted by molar-refractivity contribution is 5.85. The van der Waals surface area contributed by atoms with Crippen LogP contribution in [-0.2, 0) is 38.4 Å². The lowest BCUT2D eigenvalue weighted by Gasteiger charge is -2.59. The summed E-state index contributed by atoms with van der Waals surface area (Å²) in [4.78, 5) is 47.9. The Morgan fingerprint density at radius 1 is 1.09 bits per heavy atom. The molecular weight excluding hydrogens is 446 g/mol. The van der Waals surface area contributed by atoms with E-state index >= 15 is 0 Å². The van der Waals surface area contributed by atoms with Gasteiger partial charge in [-0.05, 0) is 43.9 Å². The zero-order valence-electron chi connectivity index (χ0n) is 20.6. The molecular formula is C24H37NO9. The average Bonchev–Trinajstić information content (AvgIpc) is 2.99. The van der Waals surface area contributed by atoms with E-state index in [0.29, 0.717) is 12.3 Å². The number of carbonyl (C=O) groups excluding carboxylic acids is 2. The quantitative estimate of drug-likeness (QED) is 0.415. The van der Waals surface area contributed by atoms with Crippen LogP contribution in [-0.4, -0.2) is 53.0 Å². The highest BCUT2D eigenvalue weighted by Crippen LogP contribution is 2.60. The molecule has 4 aliphatic heterocycles. The molecule has 1 spiro atoms. The molecule has 0 aromatic rings. The monoisotopic (exact) mass is 483 g/mol. The normalized spacial score (nSPS) is 41.8. The summed E-state index contributed by atoms with van der Waals surface area (Å²) in [5, 5.41) is 11.7. The highest BCUT2D eigenvalue weighted by Gasteiger charge is 2.69. The summed E-state index contributed by atoms with van der Waals surface area (Å²) in [6.45, 7) is 9.45. The first-order chi connectivity index (χ1) is 16.0. The Balaban J connectivity index is 1.40. The van der Waals surface area contributed by atoms with Crippen molar-refractivity contribution in [2.45, 2.75) is 103 Å². The van der Waals surface area contributed by atoms with Crippen molar-refractivity contribution in [1.29, 1.82) is 0 Å². The van der Waals surface area contributed by atoms with Crippen molar-refractivity contribution >= 4 is 17.8 Å². The molecule has 34 heavy (non-hydrogen) atoms. The molecule has 1 saturated carbocycles. The van der Waals surface area contributed by atoms with E-state index in [9.17, 15) is 19.5 Å². The van der Waals surface area contributed by atoms with E-state index in [2.05, 4.69) is 12.2 Å². The number of carboxylic acids is 1. The molecule has 3 unspecified atom stereocenters. The summed E-state index contributed by atoms with van der Waals surface area (Å²) < 4.78 is 18.1. The van der Waals surface area contributed by atoms with Crippen LogP contribution in [0.15, 0.2) is 0 Å². The molecule has 9 atom stereocenters. The smallest absolute Gasteiger partial charge is 0.326 e. The van der Waals surface area contributed by atoms with E-state index < -0.39 is 47.9 Å². The largest absolute Gasteiger partial charge is 0.480 e. The molecule has 192 valence electrons. The number of nitrogens with one attached hydrogen (secondary N) is 1. The van der Waals surface area contributed by atoms with Gasteiger partial charge in [0.05, 0.1) is 6.42 Å². The third-order valence-electron chi connectivity index (χ3n) is 8.15. The number of amides is 1. The summed E-state index contributed by atoms with van der Waals surface area (Å²) >= 11 is 0. The Hall–Kier alpha value is -1.75. The summed E-state index contributed by atoms with van der Waals surface area (Å²) in [6.07, 6.45) is 1.62. The first-order valence-corrected chi connectivity index (χ1v) is 12.4. The Morgan fingerprint density at radius 2 is 1.82 bits per heavy atom. The van der Waals surface area contributed by atoms with Gasteiger partial charge in [0.1, 0.15) is 6.04 Å². The Morgan fingerprint density at radius 3 is 2.50 bits per heavy atom. The third-order valence-corrected chi connectivity index (χ3v) is 8.15. The van der Waals surface area contributed by atoms with Crippen molar-refractivity contribution in [3.63, 3.8) is 0 Å². The molecule has 10 nitrogen and oxygen atoms in total. The lowest BCUT2D eigenvalue weighted by Crippen LogP contribution is -2.70. The summed E-state index contributed by atoms with van der Waals surface area (Å²) in [5.74, 6) is -2.88. The van der Waals surface area contributed by atoms with E-state index in [1.54, 1.807) is 13.8 Å². The third kappa shape index (κ3) is 4.45. The van der Waals surface area contributed by atoms with Crippen LogP contribution >= 0.6 is 0 Å². The number of aliphatic carboxylic acids is 1. The molecule has 5 rings (SSSR count). The van der Waals surface area contributed by atoms with Crippen molar-refractivity contribution in [2.24, 2.45) is 29.6 Å². The van der Waals surface area contributed by atoms with Crippen LogP contribution in [0.5, 0.6) is 0 Å². The standard InChI is InChI=1S/C24H37NO9/c1-12(2)19(20(28)29)25-17(26)8-9-18(27)30-21-14(4)16-7-6-13(3)15-10-11-23(5)32-22(31-21)24(15,16)34-33-23/h12-16,19,21-22H,6-11H2,1-5H3,(H,25,26)(H,28,29)/t13-,14-,15+,16+,19?,21-,22-,23?,24?/m1/s1. The second-order valence-corrected chi connectivity index (χ2v) is 10.9. The molecule has 5 aliphatic rings. The van der Waals surface area contributed by atoms with Crippen molar-refractivity contribution in [3.8, 4) is 0 Å². The fourth-order valence-electron chi connectivity index (χ4n) is 6.17. The highest BCUT2D eigenvalue weighted by atomic mass is 17.3. The first kappa shape index (κ1) is 25.3. The number of hydrogen-bond acceptors (Lipinski definition) is 8. The van der Waals surface area contributed by atoms with Crippen LogP contribution in [0.4, 0.5) is 0 Å². The second-order valence-electron chi connectivity index (χ2n) is 10.9. The predicted octanol–water partition coefficient (Wildman–Crippen LogP) is 2.74. The zero-order valence-corrected chi connectivity index (χ0v) is 20.6. The van der Waals surface area contributed by atoms with Gasteiger partial charge < -0.3 is 24.6 Å². The van der Waals surface area contributed by atoms with E-state index in [1.807, 2.05) is 13.8 Å². The van der Waals surface area contributed by atoms with Gasteiger partial charge in [0, 0.05) is 24.7 Å². The summed E-state index contributed by atoms with van der Waals surface area (Å²) in [6, 6.07) is -1.01. The van der Waals surface area contributed by atoms with Gasteiger partial charge in [-0.2, -0.15) is 0 Å². The number of carboxylic acid groups (broad SMARTS) is 1. The van der Waals surface area contributed by atoms with Gasteiger partial charge in [0.2, 0.25) is 18.0 Å². The number of hydrogen-bond donors (Lipinski definition) is 2. The molecule has 10 heteroatoms. The molecule has 2 N–H and O–H groups in total. The zero-order chi connectivity index (χ0) is 24.8. The lowest BCUT2D eigenvalue weighted by atomic mass is 9.58. The predicted molar refractivity (Wildman–Crippen MR) is 117 cm³/mol. The number of carbonyl (C=O) groups is 3. The minimum absolute atomic E-state index is 0.0264.